The van der Waals surface area contributed by atoms with Gasteiger partial charge >= 0.3 is 0 Å². The summed E-state index contributed by atoms with van der Waals surface area (Å²) in [7, 11) is 1.54. The molecule has 1 amide bonds. The molecule has 0 unspecified atom stereocenters. The summed E-state index contributed by atoms with van der Waals surface area (Å²) in [6, 6.07) is 19.4. The molecule has 0 spiro atoms. The highest BCUT2D eigenvalue weighted by Gasteiger charge is 2.17. The molecule has 156 valence electrons. The second kappa shape index (κ2) is 9.13. The van der Waals surface area contributed by atoms with Crippen molar-refractivity contribution in [1.82, 2.24) is 10.3 Å². The second-order valence-corrected chi connectivity index (χ2v) is 9.13. The van der Waals surface area contributed by atoms with Gasteiger partial charge in [-0.25, -0.2) is 4.98 Å². The van der Waals surface area contributed by atoms with E-state index in [4.69, 9.17) is 17.0 Å². The molecule has 0 aliphatic carbocycles. The van der Waals surface area contributed by atoms with E-state index in [1.165, 1.54) is 7.11 Å². The van der Waals surface area contributed by atoms with Crippen molar-refractivity contribution in [2.75, 3.05) is 12.4 Å². The summed E-state index contributed by atoms with van der Waals surface area (Å²) in [5.74, 6) is 0.175. The van der Waals surface area contributed by atoms with E-state index in [9.17, 15) is 4.79 Å². The molecule has 3 aromatic carbocycles. The molecule has 0 fully saturated rings. The summed E-state index contributed by atoms with van der Waals surface area (Å²) >= 11 is 10.4. The minimum Gasteiger partial charge on any atom is -0.496 e. The topological polar surface area (TPSA) is 63.2 Å². The molecule has 2 N–H and O–H groups in total. The summed E-state index contributed by atoms with van der Waals surface area (Å²) in [4.78, 5) is 17.4. The number of hydrogen-bond acceptors (Lipinski definition) is 5. The molecule has 4 rings (SSSR count). The van der Waals surface area contributed by atoms with Crippen molar-refractivity contribution in [2.45, 2.75) is 6.92 Å². The van der Waals surface area contributed by atoms with Crippen molar-refractivity contribution >= 4 is 66.4 Å². The van der Waals surface area contributed by atoms with E-state index in [0.717, 1.165) is 36.5 Å². The van der Waals surface area contributed by atoms with Crippen LogP contribution in [-0.4, -0.2) is 23.1 Å². The fourth-order valence-corrected chi connectivity index (χ4v) is 4.95. The maximum atomic E-state index is 12.7. The predicted molar refractivity (Wildman–Crippen MR) is 134 cm³/mol. The summed E-state index contributed by atoms with van der Waals surface area (Å²) < 4.78 is 7.33. The van der Waals surface area contributed by atoms with Crippen LogP contribution in [0.25, 0.3) is 20.8 Å². The van der Waals surface area contributed by atoms with E-state index in [1.54, 1.807) is 17.4 Å². The third-order valence-corrected chi connectivity index (χ3v) is 6.35. The van der Waals surface area contributed by atoms with Crippen molar-refractivity contribution in [3.8, 4) is 16.3 Å². The molecule has 1 heterocycles. The maximum absolute atomic E-state index is 12.7. The van der Waals surface area contributed by atoms with E-state index in [1.807, 2.05) is 55.5 Å². The van der Waals surface area contributed by atoms with E-state index in [0.29, 0.717) is 11.3 Å². The van der Waals surface area contributed by atoms with Crippen molar-refractivity contribution in [2.24, 2.45) is 0 Å². The minimum atomic E-state index is -0.343. The Labute approximate surface area is 197 Å². The van der Waals surface area contributed by atoms with Crippen LogP contribution in [0.15, 0.2) is 65.1 Å². The molecule has 0 radical (unpaired) electrons. The van der Waals surface area contributed by atoms with Crippen LogP contribution < -0.4 is 15.4 Å². The third-order valence-electron chi connectivity index (χ3n) is 4.60. The van der Waals surface area contributed by atoms with Crippen LogP contribution in [0.2, 0.25) is 0 Å². The highest BCUT2D eigenvalue weighted by atomic mass is 79.9. The molecule has 0 saturated carbocycles. The molecular formula is C23H18BrN3O2S2. The molecule has 0 saturated heterocycles. The number of thiazole rings is 1. The molecule has 0 aliphatic heterocycles. The van der Waals surface area contributed by atoms with Crippen molar-refractivity contribution < 1.29 is 9.53 Å². The van der Waals surface area contributed by atoms with E-state index >= 15 is 0 Å². The van der Waals surface area contributed by atoms with Crippen molar-refractivity contribution in [3.05, 3.63) is 76.3 Å². The maximum Gasteiger partial charge on any atom is 0.261 e. The number of para-hydroxylation sites is 1. The number of benzene rings is 3. The number of fused-ring (bicyclic) bond motifs is 1. The first-order chi connectivity index (χ1) is 14.9. The fourth-order valence-electron chi connectivity index (χ4n) is 3.19. The molecule has 1 aromatic heterocycles. The number of ether oxygens (including phenoxy) is 1. The summed E-state index contributed by atoms with van der Waals surface area (Å²) in [5.41, 5.74) is 4.05. The Hall–Kier alpha value is -2.81. The Kier molecular flexibility index (Phi) is 6.31. The first kappa shape index (κ1) is 21.4. The zero-order valence-corrected chi connectivity index (χ0v) is 20.0. The number of hydrogen-bond donors (Lipinski definition) is 2. The lowest BCUT2D eigenvalue weighted by atomic mass is 10.1. The molecule has 0 atom stereocenters. The number of methoxy groups -OCH3 is 1. The van der Waals surface area contributed by atoms with Gasteiger partial charge in [0.15, 0.2) is 5.11 Å². The molecule has 8 heteroatoms. The normalized spacial score (nSPS) is 10.7. The summed E-state index contributed by atoms with van der Waals surface area (Å²) in [6.45, 7) is 1.88. The van der Waals surface area contributed by atoms with Gasteiger partial charge in [-0.15, -0.1) is 11.3 Å². The Morgan fingerprint density at radius 3 is 2.58 bits per heavy atom. The van der Waals surface area contributed by atoms with E-state index in [2.05, 4.69) is 37.6 Å². The van der Waals surface area contributed by atoms with Crippen LogP contribution in [0.5, 0.6) is 5.75 Å². The highest BCUT2D eigenvalue weighted by Crippen LogP contribution is 2.31. The van der Waals surface area contributed by atoms with Crippen LogP contribution in [0.4, 0.5) is 5.69 Å². The zero-order valence-electron chi connectivity index (χ0n) is 16.7. The Bertz CT molecular complexity index is 1250. The van der Waals surface area contributed by atoms with Gasteiger partial charge in [0.05, 0.1) is 22.9 Å². The van der Waals surface area contributed by atoms with Gasteiger partial charge in [-0.3, -0.25) is 10.1 Å². The zero-order chi connectivity index (χ0) is 22.0. The number of aryl methyl sites for hydroxylation is 1. The Balaban J connectivity index is 1.45. The monoisotopic (exact) mass is 511 g/mol. The number of halogens is 1. The number of anilines is 1. The number of rotatable bonds is 4. The van der Waals surface area contributed by atoms with Crippen molar-refractivity contribution in [1.29, 1.82) is 0 Å². The largest absolute Gasteiger partial charge is 0.496 e. The van der Waals surface area contributed by atoms with Gasteiger partial charge in [-0.05, 0) is 73.2 Å². The van der Waals surface area contributed by atoms with Gasteiger partial charge in [0, 0.05) is 15.7 Å². The number of aromatic nitrogens is 1. The van der Waals surface area contributed by atoms with Crippen LogP contribution in [0, 0.1) is 6.92 Å². The van der Waals surface area contributed by atoms with Crippen LogP contribution in [0.1, 0.15) is 15.9 Å². The molecule has 31 heavy (non-hydrogen) atoms. The SMILES string of the molecule is COc1c(C)cc(Br)cc1C(=O)NC(=S)Nc1ccc(-c2nc3ccccc3s2)cc1. The standard InChI is InChI=1S/C23H18BrN3O2S2/c1-13-11-15(24)12-17(20(13)29-2)21(28)27-23(30)25-16-9-7-14(8-10-16)22-26-18-5-3-4-6-19(18)31-22/h3-12H,1-2H3,(H2,25,27,28,30). The molecule has 0 bridgehead atoms. The molecular weight excluding hydrogens is 494 g/mol. The average Bonchev–Trinajstić information content (AvgIpc) is 3.18. The summed E-state index contributed by atoms with van der Waals surface area (Å²) in [5, 5.41) is 6.92. The van der Waals surface area contributed by atoms with Crippen LogP contribution >= 0.6 is 39.5 Å². The minimum absolute atomic E-state index is 0.206. The van der Waals surface area contributed by atoms with Gasteiger partial charge in [0.2, 0.25) is 0 Å². The number of amides is 1. The Morgan fingerprint density at radius 2 is 1.87 bits per heavy atom. The smallest absolute Gasteiger partial charge is 0.261 e. The summed E-state index contributed by atoms with van der Waals surface area (Å²) in [6.07, 6.45) is 0. The third kappa shape index (κ3) is 4.76. The lowest BCUT2D eigenvalue weighted by molar-refractivity contribution is 0.0974. The van der Waals surface area contributed by atoms with Crippen LogP contribution in [-0.2, 0) is 0 Å². The van der Waals surface area contributed by atoms with E-state index in [-0.39, 0.29) is 11.0 Å². The van der Waals surface area contributed by atoms with Crippen molar-refractivity contribution in [3.63, 3.8) is 0 Å². The number of thiocarbonyl (C=S) groups is 1. The van der Waals surface area contributed by atoms with Gasteiger partial charge in [0.1, 0.15) is 10.8 Å². The fraction of sp³-hybridized carbons (Fsp3) is 0.0870. The lowest BCUT2D eigenvalue weighted by Crippen LogP contribution is -2.34. The number of nitrogens with zero attached hydrogens (tertiary/aromatic N) is 1. The highest BCUT2D eigenvalue weighted by molar-refractivity contribution is 9.10. The van der Waals surface area contributed by atoms with E-state index < -0.39 is 0 Å². The Morgan fingerprint density at radius 1 is 1.13 bits per heavy atom. The number of carbonyl (C=O) groups is 1. The van der Waals surface area contributed by atoms with Gasteiger partial charge < -0.3 is 10.1 Å². The van der Waals surface area contributed by atoms with Gasteiger partial charge in [-0.2, -0.15) is 0 Å². The first-order valence-electron chi connectivity index (χ1n) is 9.37. The molecule has 0 aliphatic rings. The quantitative estimate of drug-likeness (QED) is 0.320. The second-order valence-electron chi connectivity index (χ2n) is 6.78. The molecule has 5 nitrogen and oxygen atoms in total. The average molecular weight is 512 g/mol. The number of carbonyl (C=O) groups excluding carboxylic acids is 1. The first-order valence-corrected chi connectivity index (χ1v) is 11.4. The van der Waals surface area contributed by atoms with Gasteiger partial charge in [-0.1, -0.05) is 28.1 Å². The van der Waals surface area contributed by atoms with Crippen LogP contribution in [0.3, 0.4) is 0 Å². The van der Waals surface area contributed by atoms with Gasteiger partial charge in [0.25, 0.3) is 5.91 Å². The lowest BCUT2D eigenvalue weighted by Gasteiger charge is -2.14. The molecule has 4 aromatic rings. The predicted octanol–water partition coefficient (Wildman–Crippen LogP) is 6.17. The number of nitrogens with one attached hydrogen (secondary N) is 2.